The zero-order chi connectivity index (χ0) is 16.2. The summed E-state index contributed by atoms with van der Waals surface area (Å²) in [5.74, 6) is 1.42. The summed E-state index contributed by atoms with van der Waals surface area (Å²) in [7, 11) is 0. The SMILES string of the molecule is CCN(Cc1cccc2c1OCCO2)C(=O)c1cccc(Cl)c1. The van der Waals surface area contributed by atoms with Crippen LogP contribution in [0.4, 0.5) is 0 Å². The number of halogens is 1. The number of fused-ring (bicyclic) bond motifs is 1. The van der Waals surface area contributed by atoms with Gasteiger partial charge in [-0.1, -0.05) is 29.8 Å². The largest absolute Gasteiger partial charge is 0.486 e. The highest BCUT2D eigenvalue weighted by atomic mass is 35.5. The fourth-order valence-corrected chi connectivity index (χ4v) is 2.79. The molecule has 2 aromatic rings. The van der Waals surface area contributed by atoms with E-state index in [-0.39, 0.29) is 5.91 Å². The fraction of sp³-hybridized carbons (Fsp3) is 0.278. The summed E-state index contributed by atoms with van der Waals surface area (Å²) in [4.78, 5) is 14.5. The average molecular weight is 332 g/mol. The Bertz CT molecular complexity index is 717. The molecule has 5 heteroatoms. The molecule has 0 aromatic heterocycles. The van der Waals surface area contributed by atoms with E-state index in [9.17, 15) is 4.79 Å². The topological polar surface area (TPSA) is 38.8 Å². The fourth-order valence-electron chi connectivity index (χ4n) is 2.60. The normalized spacial score (nSPS) is 12.8. The van der Waals surface area contributed by atoms with E-state index >= 15 is 0 Å². The molecule has 1 amide bonds. The Morgan fingerprint density at radius 2 is 1.96 bits per heavy atom. The van der Waals surface area contributed by atoms with Gasteiger partial charge < -0.3 is 14.4 Å². The molecular formula is C18H18ClNO3. The molecule has 4 nitrogen and oxygen atoms in total. The molecule has 0 N–H and O–H groups in total. The van der Waals surface area contributed by atoms with Crippen molar-refractivity contribution >= 4 is 17.5 Å². The number of hydrogen-bond acceptors (Lipinski definition) is 3. The molecule has 0 unspecified atom stereocenters. The van der Waals surface area contributed by atoms with E-state index in [1.165, 1.54) is 0 Å². The van der Waals surface area contributed by atoms with Gasteiger partial charge in [0.25, 0.3) is 5.91 Å². The summed E-state index contributed by atoms with van der Waals surface area (Å²) in [6.07, 6.45) is 0. The lowest BCUT2D eigenvalue weighted by Gasteiger charge is -2.25. The molecule has 1 aliphatic heterocycles. The van der Waals surface area contributed by atoms with Gasteiger partial charge in [-0.3, -0.25) is 4.79 Å². The van der Waals surface area contributed by atoms with Crippen LogP contribution >= 0.6 is 11.6 Å². The average Bonchev–Trinajstić information content (AvgIpc) is 2.59. The Hall–Kier alpha value is -2.20. The summed E-state index contributed by atoms with van der Waals surface area (Å²) >= 11 is 5.98. The summed E-state index contributed by atoms with van der Waals surface area (Å²) < 4.78 is 11.3. The number of hydrogen-bond donors (Lipinski definition) is 0. The summed E-state index contributed by atoms with van der Waals surface area (Å²) in [5, 5.41) is 0.556. The minimum Gasteiger partial charge on any atom is -0.486 e. The van der Waals surface area contributed by atoms with Gasteiger partial charge in [-0.05, 0) is 31.2 Å². The molecule has 0 bridgehead atoms. The van der Waals surface area contributed by atoms with Crippen molar-refractivity contribution in [3.05, 3.63) is 58.6 Å². The third kappa shape index (κ3) is 3.42. The van der Waals surface area contributed by atoms with Crippen LogP contribution in [0.5, 0.6) is 11.5 Å². The molecular weight excluding hydrogens is 314 g/mol. The van der Waals surface area contributed by atoms with E-state index in [2.05, 4.69) is 0 Å². The smallest absolute Gasteiger partial charge is 0.254 e. The number of rotatable bonds is 4. The summed E-state index contributed by atoms with van der Waals surface area (Å²) in [6.45, 7) is 4.09. The maximum Gasteiger partial charge on any atom is 0.254 e. The molecule has 0 fully saturated rings. The maximum atomic E-state index is 12.7. The minimum atomic E-state index is -0.0515. The standard InChI is InChI=1S/C18H18ClNO3/c1-2-20(18(21)13-5-3-7-15(19)11-13)12-14-6-4-8-16-17(14)23-10-9-22-16/h3-8,11H,2,9-10,12H2,1H3. The third-order valence-electron chi connectivity index (χ3n) is 3.75. The predicted molar refractivity (Wildman–Crippen MR) is 89.3 cm³/mol. The lowest BCUT2D eigenvalue weighted by molar-refractivity contribution is 0.0749. The molecule has 0 spiro atoms. The lowest BCUT2D eigenvalue weighted by atomic mass is 10.1. The highest BCUT2D eigenvalue weighted by Crippen LogP contribution is 2.34. The first-order valence-corrected chi connectivity index (χ1v) is 7.99. The van der Waals surface area contributed by atoms with Gasteiger partial charge in [-0.15, -0.1) is 0 Å². The van der Waals surface area contributed by atoms with Crippen LogP contribution in [0.2, 0.25) is 5.02 Å². The van der Waals surface area contributed by atoms with Crippen molar-refractivity contribution in [1.29, 1.82) is 0 Å². The van der Waals surface area contributed by atoms with Gasteiger partial charge in [0.05, 0.1) is 0 Å². The number of amides is 1. The molecule has 3 rings (SSSR count). The van der Waals surface area contributed by atoms with Gasteiger partial charge >= 0.3 is 0 Å². The van der Waals surface area contributed by atoms with E-state index in [1.807, 2.05) is 25.1 Å². The second-order valence-electron chi connectivity index (χ2n) is 5.27. The van der Waals surface area contributed by atoms with Crippen molar-refractivity contribution in [2.45, 2.75) is 13.5 Å². The van der Waals surface area contributed by atoms with Crippen molar-refractivity contribution in [3.63, 3.8) is 0 Å². The Morgan fingerprint density at radius 1 is 1.17 bits per heavy atom. The molecule has 0 saturated carbocycles. The third-order valence-corrected chi connectivity index (χ3v) is 3.98. The van der Waals surface area contributed by atoms with Crippen LogP contribution in [-0.2, 0) is 6.54 Å². The van der Waals surface area contributed by atoms with Crippen molar-refractivity contribution < 1.29 is 14.3 Å². The second-order valence-corrected chi connectivity index (χ2v) is 5.71. The van der Waals surface area contributed by atoms with Crippen molar-refractivity contribution in [1.82, 2.24) is 4.90 Å². The van der Waals surface area contributed by atoms with Crippen LogP contribution in [0.15, 0.2) is 42.5 Å². The Kier molecular flexibility index (Phi) is 4.72. The molecule has 0 aliphatic carbocycles. The van der Waals surface area contributed by atoms with Gasteiger partial charge in [-0.2, -0.15) is 0 Å². The van der Waals surface area contributed by atoms with E-state index < -0.39 is 0 Å². The molecule has 1 aliphatic rings. The quantitative estimate of drug-likeness (QED) is 0.856. The number of carbonyl (C=O) groups excluding carboxylic acids is 1. The van der Waals surface area contributed by atoms with Crippen molar-refractivity contribution in [3.8, 4) is 11.5 Å². The van der Waals surface area contributed by atoms with E-state index in [1.54, 1.807) is 29.2 Å². The molecule has 0 saturated heterocycles. The van der Waals surface area contributed by atoms with Gasteiger partial charge in [0.2, 0.25) is 0 Å². The Balaban J connectivity index is 1.84. The van der Waals surface area contributed by atoms with Gasteiger partial charge in [0.15, 0.2) is 11.5 Å². The molecule has 120 valence electrons. The summed E-state index contributed by atoms with van der Waals surface area (Å²) in [6, 6.07) is 12.8. The van der Waals surface area contributed by atoms with Gasteiger partial charge in [0.1, 0.15) is 13.2 Å². The monoisotopic (exact) mass is 331 g/mol. The number of nitrogens with zero attached hydrogens (tertiary/aromatic N) is 1. The zero-order valence-corrected chi connectivity index (χ0v) is 13.7. The van der Waals surface area contributed by atoms with E-state index in [0.717, 1.165) is 17.1 Å². The first-order valence-electron chi connectivity index (χ1n) is 7.61. The van der Waals surface area contributed by atoms with Crippen LogP contribution < -0.4 is 9.47 Å². The van der Waals surface area contributed by atoms with Crippen LogP contribution in [0.25, 0.3) is 0 Å². The molecule has 0 atom stereocenters. The van der Waals surface area contributed by atoms with Crippen LogP contribution in [0.1, 0.15) is 22.8 Å². The number of benzene rings is 2. The van der Waals surface area contributed by atoms with Gasteiger partial charge in [0, 0.05) is 29.2 Å². The first-order chi connectivity index (χ1) is 11.2. The molecule has 23 heavy (non-hydrogen) atoms. The highest BCUT2D eigenvalue weighted by Gasteiger charge is 2.20. The van der Waals surface area contributed by atoms with E-state index in [0.29, 0.717) is 36.9 Å². The minimum absolute atomic E-state index is 0.0515. The number of carbonyl (C=O) groups is 1. The van der Waals surface area contributed by atoms with Crippen LogP contribution in [-0.4, -0.2) is 30.6 Å². The van der Waals surface area contributed by atoms with Crippen molar-refractivity contribution in [2.24, 2.45) is 0 Å². The van der Waals surface area contributed by atoms with Gasteiger partial charge in [-0.25, -0.2) is 0 Å². The van der Waals surface area contributed by atoms with Crippen LogP contribution in [0.3, 0.4) is 0 Å². The number of ether oxygens (including phenoxy) is 2. The lowest BCUT2D eigenvalue weighted by Crippen LogP contribution is -2.30. The Labute approximate surface area is 140 Å². The van der Waals surface area contributed by atoms with E-state index in [4.69, 9.17) is 21.1 Å². The summed E-state index contributed by atoms with van der Waals surface area (Å²) in [5.41, 5.74) is 1.53. The molecule has 0 radical (unpaired) electrons. The Morgan fingerprint density at radius 3 is 2.74 bits per heavy atom. The van der Waals surface area contributed by atoms with Crippen molar-refractivity contribution in [2.75, 3.05) is 19.8 Å². The first kappa shape index (κ1) is 15.7. The maximum absolute atomic E-state index is 12.7. The number of para-hydroxylation sites is 1. The highest BCUT2D eigenvalue weighted by molar-refractivity contribution is 6.30. The predicted octanol–water partition coefficient (Wildman–Crippen LogP) is 3.77. The zero-order valence-electron chi connectivity index (χ0n) is 12.9. The molecule has 2 aromatic carbocycles. The molecule has 1 heterocycles. The van der Waals surface area contributed by atoms with Crippen LogP contribution in [0, 0.1) is 0 Å². The second kappa shape index (κ2) is 6.92.